The molecule has 6 nitrogen and oxygen atoms in total. The molecule has 4 rings (SSSR count). The predicted octanol–water partition coefficient (Wildman–Crippen LogP) is 4.19. The normalized spacial score (nSPS) is 16.0. The third kappa shape index (κ3) is 4.05. The van der Waals surface area contributed by atoms with E-state index in [1.807, 2.05) is 30.3 Å². The molecular weight excluding hydrogens is 392 g/mol. The number of aliphatic hydroxyl groups excluding tert-OH is 1. The Bertz CT molecular complexity index is 1110. The van der Waals surface area contributed by atoms with Gasteiger partial charge in [0.2, 0.25) is 0 Å². The lowest BCUT2D eigenvalue weighted by atomic mass is 9.94. The van der Waals surface area contributed by atoms with E-state index >= 15 is 0 Å². The first kappa shape index (κ1) is 20.3. The maximum absolute atomic E-state index is 13.2. The molecule has 1 atom stereocenters. The number of carbonyl (C=O) groups excluding carboxylic acids is 2. The number of hydrogen-bond donors (Lipinski definition) is 1. The molecule has 0 fully saturated rings. The van der Waals surface area contributed by atoms with Crippen molar-refractivity contribution in [3.05, 3.63) is 102 Å². The summed E-state index contributed by atoms with van der Waals surface area (Å²) >= 11 is 0. The van der Waals surface area contributed by atoms with Crippen LogP contribution in [0.1, 0.15) is 23.6 Å². The van der Waals surface area contributed by atoms with E-state index < -0.39 is 17.7 Å². The van der Waals surface area contributed by atoms with Gasteiger partial charge in [-0.25, -0.2) is 0 Å². The van der Waals surface area contributed by atoms with Crippen LogP contribution in [0.3, 0.4) is 0 Å². The van der Waals surface area contributed by atoms with Crippen molar-refractivity contribution in [3.8, 4) is 5.75 Å². The monoisotopic (exact) mass is 414 g/mol. The van der Waals surface area contributed by atoms with Crippen LogP contribution in [-0.2, 0) is 16.0 Å². The third-order valence-corrected chi connectivity index (χ3v) is 5.34. The second kappa shape index (κ2) is 8.83. The van der Waals surface area contributed by atoms with Gasteiger partial charge in [-0.2, -0.15) is 0 Å². The van der Waals surface area contributed by atoms with E-state index in [0.717, 1.165) is 5.56 Å². The zero-order chi connectivity index (χ0) is 21.8. The van der Waals surface area contributed by atoms with Crippen LogP contribution in [0.2, 0.25) is 0 Å². The van der Waals surface area contributed by atoms with Crippen LogP contribution in [0.25, 0.3) is 0 Å². The summed E-state index contributed by atoms with van der Waals surface area (Å²) in [4.78, 5) is 31.8. The molecule has 1 aromatic heterocycles. The minimum absolute atomic E-state index is 0.102. The molecule has 3 aromatic rings. The molecule has 0 saturated heterocycles. The Morgan fingerprint density at radius 1 is 1.06 bits per heavy atom. The molecule has 0 bridgehead atoms. The molecule has 0 spiro atoms. The van der Waals surface area contributed by atoms with Crippen LogP contribution in [-0.4, -0.2) is 28.9 Å². The lowest BCUT2D eigenvalue weighted by Crippen LogP contribution is -2.31. The minimum Gasteiger partial charge on any atom is -0.503 e. The topological polar surface area (TPSA) is 79.7 Å². The van der Waals surface area contributed by atoms with E-state index in [2.05, 4.69) is 4.98 Å². The average Bonchev–Trinajstić information content (AvgIpc) is 3.09. The summed E-state index contributed by atoms with van der Waals surface area (Å²) in [6, 6.07) is 19.3. The highest BCUT2D eigenvalue weighted by molar-refractivity contribution is 6.16. The number of hydrogen-bond acceptors (Lipinski definition) is 5. The van der Waals surface area contributed by atoms with Crippen LogP contribution in [0.4, 0.5) is 5.69 Å². The Labute approximate surface area is 180 Å². The number of pyridine rings is 1. The first-order valence-electron chi connectivity index (χ1n) is 9.98. The zero-order valence-corrected chi connectivity index (χ0v) is 17.1. The average molecular weight is 414 g/mol. The molecular formula is C25H22N2O4. The summed E-state index contributed by atoms with van der Waals surface area (Å²) in [6.07, 6.45) is 3.94. The van der Waals surface area contributed by atoms with Crippen LogP contribution < -0.4 is 9.64 Å². The predicted molar refractivity (Wildman–Crippen MR) is 117 cm³/mol. The van der Waals surface area contributed by atoms with Crippen LogP contribution >= 0.6 is 0 Å². The SMILES string of the molecule is COc1ccc(N2C(=O)C(O)=C(C(=O)CCc3ccccc3)C2c2cccnc2)cc1. The Morgan fingerprint density at radius 3 is 2.45 bits per heavy atom. The van der Waals surface area contributed by atoms with E-state index in [1.54, 1.807) is 55.9 Å². The van der Waals surface area contributed by atoms with Gasteiger partial charge in [0.1, 0.15) is 5.75 Å². The van der Waals surface area contributed by atoms with Crippen molar-refractivity contribution >= 4 is 17.4 Å². The highest BCUT2D eigenvalue weighted by Crippen LogP contribution is 2.41. The van der Waals surface area contributed by atoms with E-state index in [4.69, 9.17) is 4.74 Å². The number of anilines is 1. The molecule has 0 aliphatic carbocycles. The Hall–Kier alpha value is -3.93. The summed E-state index contributed by atoms with van der Waals surface area (Å²) in [5.41, 5.74) is 2.32. The number of rotatable bonds is 7. The molecule has 31 heavy (non-hydrogen) atoms. The number of ether oxygens (including phenoxy) is 1. The van der Waals surface area contributed by atoms with E-state index in [0.29, 0.717) is 23.4 Å². The smallest absolute Gasteiger partial charge is 0.294 e. The molecule has 156 valence electrons. The molecule has 1 N–H and O–H groups in total. The maximum Gasteiger partial charge on any atom is 0.294 e. The number of aromatic nitrogens is 1. The number of benzene rings is 2. The van der Waals surface area contributed by atoms with Gasteiger partial charge in [0.25, 0.3) is 5.91 Å². The zero-order valence-electron chi connectivity index (χ0n) is 17.1. The summed E-state index contributed by atoms with van der Waals surface area (Å²) in [5.74, 6) is -0.742. The fourth-order valence-corrected chi connectivity index (χ4v) is 3.79. The maximum atomic E-state index is 13.2. The molecule has 0 radical (unpaired) electrons. The minimum atomic E-state index is -0.752. The number of methoxy groups -OCH3 is 1. The Kier molecular flexibility index (Phi) is 5.80. The second-order valence-corrected chi connectivity index (χ2v) is 7.23. The summed E-state index contributed by atoms with van der Waals surface area (Å²) in [7, 11) is 1.56. The number of nitrogens with zero attached hydrogens (tertiary/aromatic N) is 2. The number of aliphatic hydroxyl groups is 1. The van der Waals surface area contributed by atoms with Gasteiger partial charge < -0.3 is 9.84 Å². The summed E-state index contributed by atoms with van der Waals surface area (Å²) < 4.78 is 5.20. The number of Topliss-reactive ketones (excluding diaryl/α,β-unsaturated/α-hetero) is 1. The fourth-order valence-electron chi connectivity index (χ4n) is 3.79. The number of aryl methyl sites for hydroxylation is 1. The quantitative estimate of drug-likeness (QED) is 0.627. The van der Waals surface area contributed by atoms with Crippen LogP contribution in [0.5, 0.6) is 5.75 Å². The van der Waals surface area contributed by atoms with Crippen molar-refractivity contribution in [1.82, 2.24) is 4.98 Å². The Balaban J connectivity index is 1.70. The molecule has 2 aromatic carbocycles. The van der Waals surface area contributed by atoms with E-state index in [9.17, 15) is 14.7 Å². The first-order chi connectivity index (χ1) is 15.1. The van der Waals surface area contributed by atoms with Crippen molar-refractivity contribution in [2.75, 3.05) is 12.0 Å². The molecule has 2 heterocycles. The number of carbonyl (C=O) groups is 2. The molecule has 1 aliphatic heterocycles. The van der Waals surface area contributed by atoms with Gasteiger partial charge in [0.05, 0.1) is 18.7 Å². The molecule has 6 heteroatoms. The molecule has 1 aliphatic rings. The second-order valence-electron chi connectivity index (χ2n) is 7.23. The van der Waals surface area contributed by atoms with Gasteiger partial charge in [-0.05, 0) is 47.9 Å². The van der Waals surface area contributed by atoms with Gasteiger partial charge in [0.15, 0.2) is 11.5 Å². The Morgan fingerprint density at radius 2 is 1.81 bits per heavy atom. The lowest BCUT2D eigenvalue weighted by molar-refractivity contribution is -0.118. The number of amides is 1. The van der Waals surface area contributed by atoms with E-state index in [1.165, 1.54) is 4.90 Å². The molecule has 1 amide bonds. The van der Waals surface area contributed by atoms with Gasteiger partial charge in [-0.1, -0.05) is 36.4 Å². The van der Waals surface area contributed by atoms with Crippen molar-refractivity contribution in [2.24, 2.45) is 0 Å². The highest BCUT2D eigenvalue weighted by Gasteiger charge is 2.44. The van der Waals surface area contributed by atoms with Crippen LogP contribution in [0.15, 0.2) is 90.5 Å². The fraction of sp³-hybridized carbons (Fsp3) is 0.160. The van der Waals surface area contributed by atoms with Gasteiger partial charge in [0, 0.05) is 24.5 Å². The number of ketones is 1. The largest absolute Gasteiger partial charge is 0.503 e. The molecule has 0 saturated carbocycles. The van der Waals surface area contributed by atoms with Gasteiger partial charge in [-0.15, -0.1) is 0 Å². The summed E-state index contributed by atoms with van der Waals surface area (Å²) in [6.45, 7) is 0. The first-order valence-corrected chi connectivity index (χ1v) is 9.98. The van der Waals surface area contributed by atoms with Crippen molar-refractivity contribution in [1.29, 1.82) is 0 Å². The third-order valence-electron chi connectivity index (χ3n) is 5.34. The van der Waals surface area contributed by atoms with Crippen molar-refractivity contribution < 1.29 is 19.4 Å². The van der Waals surface area contributed by atoms with Gasteiger partial charge >= 0.3 is 0 Å². The van der Waals surface area contributed by atoms with Crippen molar-refractivity contribution in [2.45, 2.75) is 18.9 Å². The lowest BCUT2D eigenvalue weighted by Gasteiger charge is -2.26. The summed E-state index contributed by atoms with van der Waals surface area (Å²) in [5, 5.41) is 10.7. The van der Waals surface area contributed by atoms with E-state index in [-0.39, 0.29) is 17.8 Å². The molecule has 1 unspecified atom stereocenters. The standard InChI is InChI=1S/C25H22N2O4/c1-31-20-12-10-19(11-13-20)27-23(18-8-5-15-26-16-18)22(24(29)25(27)30)21(28)14-9-17-6-3-2-4-7-17/h2-8,10-13,15-16,23,29H,9,14H2,1H3. The van der Waals surface area contributed by atoms with Crippen molar-refractivity contribution in [3.63, 3.8) is 0 Å². The van der Waals surface area contributed by atoms with Crippen LogP contribution in [0, 0.1) is 0 Å². The highest BCUT2D eigenvalue weighted by atomic mass is 16.5. The van der Waals surface area contributed by atoms with Gasteiger partial charge in [-0.3, -0.25) is 19.5 Å².